The Kier molecular flexibility index (Phi) is 4.60. The normalized spacial score (nSPS) is 12.0. The molecule has 0 aliphatic heterocycles. The number of phosphoric ester groups is 2. The van der Waals surface area contributed by atoms with Crippen LogP contribution in [0.15, 0.2) is 0 Å². The number of rotatable bonds is 4. The molecule has 10 nitrogen and oxygen atoms in total. The highest BCUT2D eigenvalue weighted by atomic mass is 31.2. The number of hydrogen-bond acceptors (Lipinski definition) is 6. The van der Waals surface area contributed by atoms with Gasteiger partial charge in [-0.25, -0.2) is 9.13 Å². The van der Waals surface area contributed by atoms with Crippen LogP contribution in [-0.4, -0.2) is 31.5 Å². The molecule has 88 valence electrons. The number of phosphoric acid groups is 2. The average molecular weight is 264 g/mol. The molecule has 0 saturated heterocycles. The van der Waals surface area contributed by atoms with E-state index in [-0.39, 0.29) is 0 Å². The van der Waals surface area contributed by atoms with Crippen molar-refractivity contribution in [3.05, 3.63) is 0 Å². The van der Waals surface area contributed by atoms with Gasteiger partial charge in [0.2, 0.25) is 0 Å². The van der Waals surface area contributed by atoms with Crippen LogP contribution in [0, 0.1) is 0 Å². The molecule has 0 amide bonds. The lowest BCUT2D eigenvalue weighted by molar-refractivity contribution is -0.145. The largest absolute Gasteiger partial charge is 0.527 e. The summed E-state index contributed by atoms with van der Waals surface area (Å²) in [5.41, 5.74) is 0. The van der Waals surface area contributed by atoms with Gasteiger partial charge in [0.05, 0.1) is 0 Å². The maximum atomic E-state index is 10.5. The van der Waals surface area contributed by atoms with E-state index < -0.39 is 34.0 Å². The van der Waals surface area contributed by atoms with E-state index in [1.807, 2.05) is 0 Å². The van der Waals surface area contributed by atoms with Crippen LogP contribution in [0.2, 0.25) is 0 Å². The quantitative estimate of drug-likeness (QED) is 0.351. The Labute approximate surface area is 82.3 Å². The fourth-order valence-electron chi connectivity index (χ4n) is 0.448. The lowest BCUT2D eigenvalue weighted by Gasteiger charge is -2.05. The van der Waals surface area contributed by atoms with Crippen molar-refractivity contribution in [2.45, 2.75) is 6.42 Å². The van der Waals surface area contributed by atoms with E-state index in [0.29, 0.717) is 0 Å². The molecule has 0 aromatic carbocycles. The second kappa shape index (κ2) is 4.84. The molecule has 0 bridgehead atoms. The van der Waals surface area contributed by atoms with Gasteiger partial charge in [-0.05, 0) is 0 Å². The third kappa shape index (κ3) is 9.54. The van der Waals surface area contributed by atoms with E-state index in [4.69, 9.17) is 19.6 Å². The van der Waals surface area contributed by atoms with Gasteiger partial charge in [-0.15, -0.1) is 0 Å². The Morgan fingerprint density at radius 3 is 1.33 bits per heavy atom. The lowest BCUT2D eigenvalue weighted by Crippen LogP contribution is -2.11. The highest BCUT2D eigenvalue weighted by Gasteiger charge is 2.26. The molecule has 15 heavy (non-hydrogen) atoms. The molecule has 0 spiro atoms. The molecule has 12 heteroatoms. The minimum absolute atomic E-state index is 1.32. The topological polar surface area (TPSA) is 168 Å². The molecule has 0 aliphatic rings. The third-order valence-electron chi connectivity index (χ3n) is 0.730. The van der Waals surface area contributed by atoms with Crippen LogP contribution in [0.1, 0.15) is 6.42 Å². The Bertz CT molecular complexity index is 312. The van der Waals surface area contributed by atoms with Crippen molar-refractivity contribution in [2.75, 3.05) is 0 Å². The standard InChI is InChI=1S/C3H6O10P2/c4-2(12-14(6,7)8)1-3(5)13-15(9,10)11/h1H2,(H2,6,7,8)(H2,9,10,11). The molecule has 4 N–H and O–H groups in total. The number of carbonyl (C=O) groups is 2. The second-order valence-corrected chi connectivity index (χ2v) is 4.41. The summed E-state index contributed by atoms with van der Waals surface area (Å²) in [5, 5.41) is 0. The summed E-state index contributed by atoms with van der Waals surface area (Å²) < 4.78 is 26.9. The van der Waals surface area contributed by atoms with Crippen LogP contribution in [0.4, 0.5) is 0 Å². The van der Waals surface area contributed by atoms with Gasteiger partial charge in [0.25, 0.3) is 0 Å². The summed E-state index contributed by atoms with van der Waals surface area (Å²) in [5.74, 6) is -3.33. The zero-order chi connectivity index (χ0) is 12.3. The predicted molar refractivity (Wildman–Crippen MR) is 40.9 cm³/mol. The maximum Gasteiger partial charge on any atom is 0.527 e. The first-order valence-corrected chi connectivity index (χ1v) is 6.11. The van der Waals surface area contributed by atoms with Crippen LogP contribution < -0.4 is 0 Å². The van der Waals surface area contributed by atoms with Crippen LogP contribution >= 0.6 is 15.6 Å². The monoisotopic (exact) mass is 264 g/mol. The van der Waals surface area contributed by atoms with Crippen molar-refractivity contribution in [3.63, 3.8) is 0 Å². The molecular weight excluding hydrogens is 258 g/mol. The van der Waals surface area contributed by atoms with Gasteiger partial charge in [0.15, 0.2) is 0 Å². The van der Waals surface area contributed by atoms with Crippen molar-refractivity contribution in [1.82, 2.24) is 0 Å². The summed E-state index contributed by atoms with van der Waals surface area (Å²) in [6, 6.07) is 0. The molecular formula is C3H6O10P2. The van der Waals surface area contributed by atoms with Gasteiger partial charge in [-0.1, -0.05) is 0 Å². The minimum atomic E-state index is -5.08. The smallest absolute Gasteiger partial charge is 0.370 e. The molecule has 0 aliphatic carbocycles. The fraction of sp³-hybridized carbons (Fsp3) is 0.333. The zero-order valence-corrected chi connectivity index (χ0v) is 8.63. The summed E-state index contributed by atoms with van der Waals surface area (Å²) in [7, 11) is -10.2. The lowest BCUT2D eigenvalue weighted by atomic mass is 10.5. The summed E-state index contributed by atoms with van der Waals surface area (Å²) in [4.78, 5) is 53.4. The van der Waals surface area contributed by atoms with Gasteiger partial charge in [-0.3, -0.25) is 29.2 Å². The SMILES string of the molecule is O=C(CC(=O)OP(=O)(O)O)OP(=O)(O)O. The fourth-order valence-corrected chi connectivity index (χ4v) is 1.11. The van der Waals surface area contributed by atoms with Gasteiger partial charge in [-0.2, -0.15) is 0 Å². The summed E-state index contributed by atoms with van der Waals surface area (Å²) in [6.45, 7) is 0. The molecule has 0 fully saturated rings. The first kappa shape index (κ1) is 14.2. The van der Waals surface area contributed by atoms with Gasteiger partial charge >= 0.3 is 27.6 Å². The molecule has 0 unspecified atom stereocenters. The second-order valence-electron chi connectivity index (χ2n) is 2.08. The van der Waals surface area contributed by atoms with Gasteiger partial charge < -0.3 is 9.05 Å². The highest BCUT2D eigenvalue weighted by Crippen LogP contribution is 2.38. The van der Waals surface area contributed by atoms with E-state index in [1.165, 1.54) is 0 Å². The van der Waals surface area contributed by atoms with Crippen molar-refractivity contribution in [1.29, 1.82) is 0 Å². The maximum absolute atomic E-state index is 10.5. The Morgan fingerprint density at radius 1 is 0.867 bits per heavy atom. The molecule has 0 radical (unpaired) electrons. The summed E-state index contributed by atoms with van der Waals surface area (Å²) >= 11 is 0. The van der Waals surface area contributed by atoms with Crippen LogP contribution in [-0.2, 0) is 27.8 Å². The Hall–Kier alpha value is -0.760. The number of carbonyl (C=O) groups excluding carboxylic acids is 2. The summed E-state index contributed by atoms with van der Waals surface area (Å²) in [6.07, 6.45) is -1.32. The van der Waals surface area contributed by atoms with Crippen molar-refractivity contribution in [3.8, 4) is 0 Å². The molecule has 0 rings (SSSR count). The van der Waals surface area contributed by atoms with E-state index in [9.17, 15) is 18.7 Å². The van der Waals surface area contributed by atoms with Crippen molar-refractivity contribution >= 4 is 27.6 Å². The Balaban J connectivity index is 4.16. The minimum Gasteiger partial charge on any atom is -0.370 e. The average Bonchev–Trinajstić information content (AvgIpc) is 1.73. The van der Waals surface area contributed by atoms with Crippen LogP contribution in [0.5, 0.6) is 0 Å². The number of hydrogen-bond donors (Lipinski definition) is 4. The van der Waals surface area contributed by atoms with E-state index in [0.717, 1.165) is 0 Å². The molecule has 0 saturated carbocycles. The third-order valence-corrected chi connectivity index (χ3v) is 1.61. The molecule has 0 aromatic heterocycles. The van der Waals surface area contributed by atoms with Crippen molar-refractivity contribution < 1.29 is 47.3 Å². The highest BCUT2D eigenvalue weighted by molar-refractivity contribution is 7.47. The van der Waals surface area contributed by atoms with E-state index >= 15 is 0 Å². The van der Waals surface area contributed by atoms with E-state index in [2.05, 4.69) is 9.05 Å². The van der Waals surface area contributed by atoms with Gasteiger partial charge in [0, 0.05) is 0 Å². The molecule has 0 atom stereocenters. The first-order chi connectivity index (χ1) is 6.49. The first-order valence-electron chi connectivity index (χ1n) is 3.05. The van der Waals surface area contributed by atoms with Gasteiger partial charge in [0.1, 0.15) is 6.42 Å². The zero-order valence-electron chi connectivity index (χ0n) is 6.84. The molecule has 0 aromatic rings. The van der Waals surface area contributed by atoms with E-state index in [1.54, 1.807) is 0 Å². The van der Waals surface area contributed by atoms with Crippen molar-refractivity contribution in [2.24, 2.45) is 0 Å². The Morgan fingerprint density at radius 2 is 1.13 bits per heavy atom. The van der Waals surface area contributed by atoms with Crippen LogP contribution in [0.25, 0.3) is 0 Å². The predicted octanol–water partition coefficient (Wildman–Crippen LogP) is -1.35. The molecule has 0 heterocycles. The van der Waals surface area contributed by atoms with Crippen LogP contribution in [0.3, 0.4) is 0 Å².